The van der Waals surface area contributed by atoms with E-state index in [1.54, 1.807) is 7.11 Å². The van der Waals surface area contributed by atoms with Crippen LogP contribution in [0.15, 0.2) is 48.5 Å². The van der Waals surface area contributed by atoms with E-state index in [1.165, 1.54) is 5.56 Å². The van der Waals surface area contributed by atoms with Crippen molar-refractivity contribution in [1.82, 2.24) is 15.3 Å². The summed E-state index contributed by atoms with van der Waals surface area (Å²) in [5.41, 5.74) is 7.16. The first kappa shape index (κ1) is 22.3. The summed E-state index contributed by atoms with van der Waals surface area (Å²) in [6, 6.07) is 15.9. The Labute approximate surface area is 192 Å². The van der Waals surface area contributed by atoms with Gasteiger partial charge in [-0.2, -0.15) is 4.98 Å². The van der Waals surface area contributed by atoms with Gasteiger partial charge in [-0.3, -0.25) is 9.59 Å². The molecule has 1 aliphatic heterocycles. The number of carbonyl (C=O) groups is 2. The van der Waals surface area contributed by atoms with E-state index in [9.17, 15) is 9.59 Å². The minimum Gasteiger partial charge on any atom is -0.497 e. The summed E-state index contributed by atoms with van der Waals surface area (Å²) < 4.78 is 5.39. The molecule has 0 aliphatic carbocycles. The minimum atomic E-state index is -0.980. The fourth-order valence-electron chi connectivity index (χ4n) is 3.96. The van der Waals surface area contributed by atoms with Gasteiger partial charge in [0.25, 0.3) is 0 Å². The number of aromatic nitrogens is 2. The van der Waals surface area contributed by atoms with Crippen LogP contribution < -0.4 is 26.0 Å². The average Bonchev–Trinajstić information content (AvgIpc) is 3.30. The number of ether oxygens (including phenoxy) is 1. The number of aryl methyl sites for hydroxylation is 1. The van der Waals surface area contributed by atoms with Crippen molar-refractivity contribution in [2.75, 3.05) is 37.0 Å². The topological polar surface area (TPSA) is 122 Å². The first-order valence-electron chi connectivity index (χ1n) is 11.0. The molecule has 1 saturated heterocycles. The second-order valence-electron chi connectivity index (χ2n) is 8.04. The first-order chi connectivity index (χ1) is 16.0. The molecule has 3 aromatic rings. The Morgan fingerprint density at radius 2 is 2.00 bits per heavy atom. The van der Waals surface area contributed by atoms with Crippen LogP contribution in [0.25, 0.3) is 10.9 Å². The van der Waals surface area contributed by atoms with Gasteiger partial charge in [-0.15, -0.1) is 0 Å². The van der Waals surface area contributed by atoms with Gasteiger partial charge < -0.3 is 26.0 Å². The third kappa shape index (κ3) is 5.49. The SMILES string of the molecule is COc1ccc2nc(N3CCC(NC(=O)C(N)=O)C3)nc(NCCCc3ccccc3)c2c1. The van der Waals surface area contributed by atoms with Crippen LogP contribution in [-0.4, -0.2) is 54.6 Å². The first-order valence-corrected chi connectivity index (χ1v) is 11.0. The van der Waals surface area contributed by atoms with Crippen LogP contribution in [0.5, 0.6) is 5.75 Å². The maximum Gasteiger partial charge on any atom is 0.309 e. The molecular weight excluding hydrogens is 420 g/mol. The van der Waals surface area contributed by atoms with Gasteiger partial charge in [-0.1, -0.05) is 30.3 Å². The van der Waals surface area contributed by atoms with Crippen LogP contribution in [0.2, 0.25) is 0 Å². The van der Waals surface area contributed by atoms with Crippen LogP contribution in [0, 0.1) is 0 Å². The fraction of sp³-hybridized carbons (Fsp3) is 0.333. The Bertz CT molecular complexity index is 1140. The maximum atomic E-state index is 11.6. The van der Waals surface area contributed by atoms with Crippen molar-refractivity contribution >= 4 is 34.5 Å². The molecule has 1 aliphatic rings. The summed E-state index contributed by atoms with van der Waals surface area (Å²) in [7, 11) is 1.63. The number of methoxy groups -OCH3 is 1. The van der Waals surface area contributed by atoms with Crippen LogP contribution in [0.4, 0.5) is 11.8 Å². The van der Waals surface area contributed by atoms with E-state index in [2.05, 4.69) is 34.9 Å². The minimum absolute atomic E-state index is 0.178. The van der Waals surface area contributed by atoms with Gasteiger partial charge in [0.05, 0.1) is 12.6 Å². The average molecular weight is 449 g/mol. The van der Waals surface area contributed by atoms with Crippen LogP contribution in [-0.2, 0) is 16.0 Å². The number of anilines is 2. The summed E-state index contributed by atoms with van der Waals surface area (Å²) in [5, 5.41) is 7.01. The molecule has 1 atom stereocenters. The van der Waals surface area contributed by atoms with Gasteiger partial charge in [-0.25, -0.2) is 4.98 Å². The zero-order chi connectivity index (χ0) is 23.2. The maximum absolute atomic E-state index is 11.6. The molecule has 0 radical (unpaired) electrons. The summed E-state index contributed by atoms with van der Waals surface area (Å²) >= 11 is 0. The third-order valence-electron chi connectivity index (χ3n) is 5.70. The van der Waals surface area contributed by atoms with Gasteiger partial charge in [0.2, 0.25) is 5.95 Å². The highest BCUT2D eigenvalue weighted by Gasteiger charge is 2.27. The summed E-state index contributed by atoms with van der Waals surface area (Å²) in [6.07, 6.45) is 2.61. The second-order valence-corrected chi connectivity index (χ2v) is 8.04. The number of amides is 2. The fourth-order valence-corrected chi connectivity index (χ4v) is 3.96. The Balaban J connectivity index is 1.50. The summed E-state index contributed by atoms with van der Waals surface area (Å²) in [6.45, 7) is 1.93. The van der Waals surface area contributed by atoms with Gasteiger partial charge in [0.15, 0.2) is 0 Å². The van der Waals surface area contributed by atoms with E-state index in [0.717, 1.165) is 41.9 Å². The predicted octanol–water partition coefficient (Wildman–Crippen LogP) is 1.86. The second kappa shape index (κ2) is 10.2. The number of nitrogens with zero attached hydrogens (tertiary/aromatic N) is 3. The smallest absolute Gasteiger partial charge is 0.309 e. The molecule has 172 valence electrons. The zero-order valence-electron chi connectivity index (χ0n) is 18.6. The number of fused-ring (bicyclic) bond motifs is 1. The lowest BCUT2D eigenvalue weighted by atomic mass is 10.1. The molecule has 0 saturated carbocycles. The van der Waals surface area contributed by atoms with E-state index in [0.29, 0.717) is 25.5 Å². The van der Waals surface area contributed by atoms with Crippen molar-refractivity contribution in [2.24, 2.45) is 5.73 Å². The number of nitrogens with two attached hydrogens (primary N) is 1. The predicted molar refractivity (Wildman–Crippen MR) is 127 cm³/mol. The van der Waals surface area contributed by atoms with E-state index in [4.69, 9.17) is 20.4 Å². The standard InChI is InChI=1S/C24H28N6O3/c1-33-18-9-10-20-19(14-18)22(26-12-5-8-16-6-3-2-4-7-16)29-24(28-20)30-13-11-17(15-30)27-23(32)21(25)31/h2-4,6-7,9-10,14,17H,5,8,11-13,15H2,1H3,(H2,25,31)(H,27,32)(H,26,28,29). The monoisotopic (exact) mass is 448 g/mol. The van der Waals surface area contributed by atoms with Gasteiger partial charge in [0.1, 0.15) is 11.6 Å². The molecule has 1 aromatic heterocycles. The molecule has 2 aromatic carbocycles. The number of carbonyl (C=O) groups excluding carboxylic acids is 2. The summed E-state index contributed by atoms with van der Waals surface area (Å²) in [4.78, 5) is 34.2. The number of benzene rings is 2. The zero-order valence-corrected chi connectivity index (χ0v) is 18.6. The number of hydrogen-bond acceptors (Lipinski definition) is 7. The summed E-state index contributed by atoms with van der Waals surface area (Å²) in [5.74, 6) is 0.308. The van der Waals surface area contributed by atoms with E-state index >= 15 is 0 Å². The highest BCUT2D eigenvalue weighted by molar-refractivity contribution is 6.34. The van der Waals surface area contributed by atoms with E-state index in [-0.39, 0.29) is 6.04 Å². The van der Waals surface area contributed by atoms with Crippen molar-refractivity contribution in [3.8, 4) is 5.75 Å². The molecule has 1 fully saturated rings. The molecule has 4 N–H and O–H groups in total. The Morgan fingerprint density at radius 3 is 2.76 bits per heavy atom. The van der Waals surface area contributed by atoms with Crippen LogP contribution in [0.3, 0.4) is 0 Å². The molecule has 9 nitrogen and oxygen atoms in total. The van der Waals surface area contributed by atoms with Crippen molar-refractivity contribution in [2.45, 2.75) is 25.3 Å². The van der Waals surface area contributed by atoms with Gasteiger partial charge in [0, 0.05) is 31.1 Å². The Kier molecular flexibility index (Phi) is 6.87. The molecule has 0 bridgehead atoms. The quantitative estimate of drug-likeness (QED) is 0.355. The lowest BCUT2D eigenvalue weighted by molar-refractivity contribution is -0.137. The molecule has 2 amide bonds. The van der Waals surface area contributed by atoms with Crippen LogP contribution in [0.1, 0.15) is 18.4 Å². The van der Waals surface area contributed by atoms with Crippen molar-refractivity contribution < 1.29 is 14.3 Å². The Hall–Kier alpha value is -3.88. The largest absolute Gasteiger partial charge is 0.497 e. The normalized spacial score (nSPS) is 15.4. The molecule has 2 heterocycles. The number of nitrogens with one attached hydrogen (secondary N) is 2. The lowest BCUT2D eigenvalue weighted by Crippen LogP contribution is -2.43. The van der Waals surface area contributed by atoms with Crippen molar-refractivity contribution in [3.05, 3.63) is 54.1 Å². The van der Waals surface area contributed by atoms with E-state index < -0.39 is 11.8 Å². The number of primary amides is 1. The van der Waals surface area contributed by atoms with Crippen LogP contribution >= 0.6 is 0 Å². The van der Waals surface area contributed by atoms with Crippen molar-refractivity contribution in [3.63, 3.8) is 0 Å². The third-order valence-corrected chi connectivity index (χ3v) is 5.70. The highest BCUT2D eigenvalue weighted by Crippen LogP contribution is 2.28. The molecule has 0 spiro atoms. The highest BCUT2D eigenvalue weighted by atomic mass is 16.5. The van der Waals surface area contributed by atoms with E-state index in [1.807, 2.05) is 29.2 Å². The van der Waals surface area contributed by atoms with Gasteiger partial charge >= 0.3 is 11.8 Å². The lowest BCUT2D eigenvalue weighted by Gasteiger charge is -2.19. The van der Waals surface area contributed by atoms with Crippen molar-refractivity contribution in [1.29, 1.82) is 0 Å². The number of rotatable bonds is 8. The molecule has 9 heteroatoms. The molecule has 33 heavy (non-hydrogen) atoms. The molecule has 1 unspecified atom stereocenters. The van der Waals surface area contributed by atoms with Gasteiger partial charge in [-0.05, 0) is 43.0 Å². The Morgan fingerprint density at radius 1 is 1.18 bits per heavy atom. The number of hydrogen-bond donors (Lipinski definition) is 3. The molecule has 4 rings (SSSR count). The molecular formula is C24H28N6O3.